The maximum atomic E-state index is 9.82. The molecule has 2 aromatic heterocycles. The van der Waals surface area contributed by atoms with Crippen molar-refractivity contribution < 1.29 is 19.2 Å². The maximum absolute atomic E-state index is 9.82. The molecule has 0 bridgehead atoms. The molecule has 3 nitrogen and oxygen atoms in total. The molecule has 0 atom stereocenters. The normalized spacial score (nSPS) is 15.4. The highest BCUT2D eigenvalue weighted by molar-refractivity contribution is 6.24. The van der Waals surface area contributed by atoms with Crippen LogP contribution in [0.2, 0.25) is 0 Å². The zero-order valence-electron chi connectivity index (χ0n) is 40.8. The lowest BCUT2D eigenvalue weighted by atomic mass is 10.0. The number of hydrogen-bond acceptors (Lipinski definition) is 1. The quantitative estimate of drug-likeness (QED) is 0.172. The van der Waals surface area contributed by atoms with Gasteiger partial charge in [0.15, 0.2) is 0 Å². The molecule has 0 amide bonds. The Bertz CT molecular complexity index is 3560. The van der Waals surface area contributed by atoms with E-state index in [4.69, 9.17) is 9.60 Å². The van der Waals surface area contributed by atoms with Crippen LogP contribution in [0, 0.1) is 0 Å². The summed E-state index contributed by atoms with van der Waals surface area (Å²) in [7, 11) is 0. The van der Waals surface area contributed by atoms with Gasteiger partial charge in [0.2, 0.25) is 0 Å². The Labute approximate surface area is 316 Å². The second-order valence-electron chi connectivity index (χ2n) is 11.9. The minimum absolute atomic E-state index is 0.0127. The van der Waals surface area contributed by atoms with E-state index in [2.05, 4.69) is 4.90 Å². The highest BCUT2D eigenvalue weighted by Gasteiger charge is 2.22. The third-order valence-electron chi connectivity index (χ3n) is 9.02. The molecule has 0 unspecified atom stereocenters. The van der Waals surface area contributed by atoms with E-state index in [0.29, 0.717) is 11.4 Å². The summed E-state index contributed by atoms with van der Waals surface area (Å²) in [6, 6.07) is 27.7. The van der Waals surface area contributed by atoms with Crippen LogP contribution in [0.4, 0.5) is 17.1 Å². The van der Waals surface area contributed by atoms with Crippen molar-refractivity contribution in [3.8, 4) is 22.5 Å². The van der Waals surface area contributed by atoms with Gasteiger partial charge in [0.25, 0.3) is 0 Å². The molecule has 10 aromatic rings. The number of rotatable bonds is 6. The van der Waals surface area contributed by atoms with Gasteiger partial charge in [-0.15, -0.1) is 0 Å². The first-order valence-corrected chi connectivity index (χ1v) is 16.3. The molecule has 0 N–H and O–H groups in total. The molecule has 240 valence electrons. The van der Waals surface area contributed by atoms with E-state index in [-0.39, 0.29) is 43.6 Å². The molecular formula is C48H33N3. The van der Waals surface area contributed by atoms with Gasteiger partial charge < -0.3 is 14.0 Å². The lowest BCUT2D eigenvalue weighted by molar-refractivity contribution is 1.15. The molecule has 2 heterocycles. The third-order valence-corrected chi connectivity index (χ3v) is 9.02. The number of para-hydroxylation sites is 4. The SMILES string of the molecule is [2H]c1c([2H])c([2H])c(-c2c([2H])c([2H])c3c4c([2H])c([2H])c5c6c([2H])c([2H])c([2H])c([2H])c6n(-c6ccc(N(c7ccccc7)c7ccccc7)cc6)c5c4n(-c4ccccc4)c3c2[2H])c([2H])c1[2H]. The summed E-state index contributed by atoms with van der Waals surface area (Å²) in [5.74, 6) is 0. The Morgan fingerprint density at radius 2 is 0.863 bits per heavy atom. The average Bonchev–Trinajstić information content (AvgIpc) is 3.88. The summed E-state index contributed by atoms with van der Waals surface area (Å²) >= 11 is 0. The fourth-order valence-corrected chi connectivity index (χ4v) is 6.85. The van der Waals surface area contributed by atoms with E-state index in [1.165, 1.54) is 0 Å². The minimum Gasteiger partial charge on any atom is -0.311 e. The van der Waals surface area contributed by atoms with E-state index in [0.717, 1.165) is 17.1 Å². The molecule has 0 saturated carbocycles. The molecule has 0 aliphatic heterocycles. The summed E-state index contributed by atoms with van der Waals surface area (Å²) in [6.45, 7) is 0. The summed E-state index contributed by atoms with van der Waals surface area (Å²) in [6.07, 6.45) is 0. The smallest absolute Gasteiger partial charge is 0.0788 e. The van der Waals surface area contributed by atoms with Crippen molar-refractivity contribution in [3.05, 3.63) is 200 Å². The molecular weight excluding hydrogens is 619 g/mol. The van der Waals surface area contributed by atoms with Crippen molar-refractivity contribution >= 4 is 60.7 Å². The number of aromatic nitrogens is 2. The van der Waals surface area contributed by atoms with Crippen molar-refractivity contribution in [1.82, 2.24) is 9.13 Å². The summed E-state index contributed by atoms with van der Waals surface area (Å²) in [4.78, 5) is 2.05. The van der Waals surface area contributed by atoms with Gasteiger partial charge >= 0.3 is 0 Å². The summed E-state index contributed by atoms with van der Waals surface area (Å²) in [5.41, 5.74) is 2.76. The van der Waals surface area contributed by atoms with Crippen LogP contribution in [-0.4, -0.2) is 9.13 Å². The third kappa shape index (κ3) is 4.74. The van der Waals surface area contributed by atoms with Crippen LogP contribution in [0.1, 0.15) is 19.2 Å². The first kappa shape index (κ1) is 18.2. The summed E-state index contributed by atoms with van der Waals surface area (Å²) in [5, 5.41) is -0.104. The molecule has 8 aromatic carbocycles. The van der Waals surface area contributed by atoms with Gasteiger partial charge in [0, 0.05) is 50.0 Å². The van der Waals surface area contributed by atoms with Crippen LogP contribution in [0.15, 0.2) is 200 Å². The van der Waals surface area contributed by atoms with Crippen LogP contribution in [0.25, 0.3) is 66.1 Å². The first-order chi connectivity index (χ1) is 31.2. The average molecular weight is 666 g/mol. The van der Waals surface area contributed by atoms with E-state index in [9.17, 15) is 9.60 Å². The molecule has 0 saturated heterocycles. The van der Waals surface area contributed by atoms with Crippen LogP contribution >= 0.6 is 0 Å². The Hall–Kier alpha value is -6.84. The standard InChI is InChI=1S/C48H33N3/c1-5-15-34(16-6-1)35-25-30-42-44-32-31-43-41-23-13-14-24-45(41)50(47(43)48(44)51(46(42)33-35)38-21-11-4-12-22-38)40-28-26-39(27-29-40)49(36-17-7-2-8-18-36)37-19-9-3-10-20-37/h1-33H/i1D,5D,6D,13D,14D,15D,16D,23D,24D,25D,30D,31D,32D,33D. The second-order valence-corrected chi connectivity index (χ2v) is 11.9. The Morgan fingerprint density at radius 3 is 1.51 bits per heavy atom. The monoisotopic (exact) mass is 665 g/mol. The number of benzene rings is 8. The highest BCUT2D eigenvalue weighted by atomic mass is 15.1. The van der Waals surface area contributed by atoms with Gasteiger partial charge in [-0.2, -0.15) is 0 Å². The summed E-state index contributed by atoms with van der Waals surface area (Å²) < 4.78 is 130. The fourth-order valence-electron chi connectivity index (χ4n) is 6.85. The van der Waals surface area contributed by atoms with Gasteiger partial charge in [0.05, 0.1) is 41.3 Å². The first-order valence-electron chi connectivity index (χ1n) is 23.3. The van der Waals surface area contributed by atoms with Gasteiger partial charge in [-0.25, -0.2) is 0 Å². The van der Waals surface area contributed by atoms with Crippen molar-refractivity contribution in [2.75, 3.05) is 4.90 Å². The maximum Gasteiger partial charge on any atom is 0.0788 e. The molecule has 10 rings (SSSR count). The van der Waals surface area contributed by atoms with Gasteiger partial charge in [-0.3, -0.25) is 0 Å². The largest absolute Gasteiger partial charge is 0.311 e. The van der Waals surface area contributed by atoms with Crippen LogP contribution in [-0.2, 0) is 0 Å². The van der Waals surface area contributed by atoms with Crippen molar-refractivity contribution in [2.24, 2.45) is 0 Å². The molecule has 0 radical (unpaired) electrons. The van der Waals surface area contributed by atoms with E-state index in [1.54, 1.807) is 51.6 Å². The highest BCUT2D eigenvalue weighted by Crippen LogP contribution is 2.43. The zero-order valence-corrected chi connectivity index (χ0v) is 26.8. The lowest BCUT2D eigenvalue weighted by Gasteiger charge is -2.25. The van der Waals surface area contributed by atoms with E-state index >= 15 is 0 Å². The fraction of sp³-hybridized carbons (Fsp3) is 0. The number of fused-ring (bicyclic) bond motifs is 7. The number of hydrogen-bond donors (Lipinski definition) is 0. The molecule has 0 spiro atoms. The molecule has 51 heavy (non-hydrogen) atoms. The van der Waals surface area contributed by atoms with Crippen LogP contribution in [0.5, 0.6) is 0 Å². The topological polar surface area (TPSA) is 13.1 Å². The van der Waals surface area contributed by atoms with Gasteiger partial charge in [-0.1, -0.05) is 127 Å². The van der Waals surface area contributed by atoms with Crippen LogP contribution < -0.4 is 4.90 Å². The Kier molecular flexibility index (Phi) is 4.27. The Morgan fingerprint density at radius 1 is 0.373 bits per heavy atom. The van der Waals surface area contributed by atoms with Crippen molar-refractivity contribution in [1.29, 1.82) is 0 Å². The molecule has 0 aliphatic carbocycles. The predicted molar refractivity (Wildman–Crippen MR) is 215 cm³/mol. The van der Waals surface area contributed by atoms with Gasteiger partial charge in [0.1, 0.15) is 0 Å². The number of nitrogens with zero attached hydrogens (tertiary/aromatic N) is 3. The Balaban J connectivity index is 1.41. The second kappa shape index (κ2) is 11.9. The zero-order chi connectivity index (χ0) is 45.9. The van der Waals surface area contributed by atoms with Crippen molar-refractivity contribution in [2.45, 2.75) is 0 Å². The van der Waals surface area contributed by atoms with E-state index in [1.807, 2.05) is 72.8 Å². The predicted octanol–water partition coefficient (Wildman–Crippen LogP) is 13.0. The van der Waals surface area contributed by atoms with Crippen LogP contribution in [0.3, 0.4) is 0 Å². The van der Waals surface area contributed by atoms with Crippen molar-refractivity contribution in [3.63, 3.8) is 0 Å². The number of anilines is 3. The molecule has 3 heteroatoms. The molecule has 0 fully saturated rings. The van der Waals surface area contributed by atoms with Gasteiger partial charge in [-0.05, 0) is 83.9 Å². The molecule has 0 aliphatic rings. The van der Waals surface area contributed by atoms with E-state index < -0.39 is 95.7 Å². The lowest BCUT2D eigenvalue weighted by Crippen LogP contribution is -2.09. The minimum atomic E-state index is -0.685.